The van der Waals surface area contributed by atoms with E-state index in [1.165, 1.54) is 11.1 Å². The highest BCUT2D eigenvalue weighted by Gasteiger charge is 2.25. The fourth-order valence-corrected chi connectivity index (χ4v) is 2.40. The molecule has 86 valence electrons. The minimum Gasteiger partial charge on any atom is -0.356 e. The predicted octanol–water partition coefficient (Wildman–Crippen LogP) is 2.63. The van der Waals surface area contributed by atoms with Crippen LogP contribution in [-0.2, 0) is 11.2 Å². The zero-order valence-electron chi connectivity index (χ0n) is 9.83. The van der Waals surface area contributed by atoms with Crippen LogP contribution in [0.1, 0.15) is 43.2 Å². The first-order valence-corrected chi connectivity index (χ1v) is 6.18. The molecule has 1 aliphatic rings. The van der Waals surface area contributed by atoms with Gasteiger partial charge < -0.3 is 5.32 Å². The largest absolute Gasteiger partial charge is 0.356 e. The van der Waals surface area contributed by atoms with Gasteiger partial charge in [-0.05, 0) is 36.8 Å². The molecule has 1 unspecified atom stereocenters. The van der Waals surface area contributed by atoms with Crippen LogP contribution in [0.25, 0.3) is 0 Å². The summed E-state index contributed by atoms with van der Waals surface area (Å²) in [5.74, 6) is 0.283. The molecular weight excluding hydrogens is 198 g/mol. The number of nitrogens with one attached hydrogen (secondary N) is 1. The van der Waals surface area contributed by atoms with Crippen LogP contribution >= 0.6 is 0 Å². The van der Waals surface area contributed by atoms with Crippen molar-refractivity contribution < 1.29 is 4.79 Å². The van der Waals surface area contributed by atoms with Crippen LogP contribution in [-0.4, -0.2) is 12.5 Å². The highest BCUT2D eigenvalue weighted by atomic mass is 16.1. The zero-order valence-corrected chi connectivity index (χ0v) is 9.83. The summed E-state index contributed by atoms with van der Waals surface area (Å²) >= 11 is 0. The Morgan fingerprint density at radius 3 is 3.06 bits per heavy atom. The Balaban J connectivity index is 2.15. The Morgan fingerprint density at radius 2 is 2.25 bits per heavy atom. The van der Waals surface area contributed by atoms with Crippen LogP contribution in [0.3, 0.4) is 0 Å². The van der Waals surface area contributed by atoms with Crippen molar-refractivity contribution in [2.45, 2.75) is 38.5 Å². The average Bonchev–Trinajstić information content (AvgIpc) is 2.35. The van der Waals surface area contributed by atoms with E-state index in [2.05, 4.69) is 30.4 Å². The lowest BCUT2D eigenvalue weighted by Gasteiger charge is -2.24. The third kappa shape index (κ3) is 2.26. The monoisotopic (exact) mass is 217 g/mol. The summed E-state index contributed by atoms with van der Waals surface area (Å²) in [6.45, 7) is 2.87. The van der Waals surface area contributed by atoms with Crippen molar-refractivity contribution in [1.29, 1.82) is 0 Å². The maximum atomic E-state index is 12.0. The Bertz CT molecular complexity index is 373. The lowest BCUT2D eigenvalue weighted by atomic mass is 9.82. The molecule has 0 aliphatic heterocycles. The second-order valence-corrected chi connectivity index (χ2v) is 4.43. The molecule has 2 nitrogen and oxygen atoms in total. The number of rotatable bonds is 3. The van der Waals surface area contributed by atoms with Gasteiger partial charge in [-0.25, -0.2) is 0 Å². The van der Waals surface area contributed by atoms with E-state index in [0.717, 1.165) is 32.2 Å². The molecule has 2 heteroatoms. The molecule has 2 rings (SSSR count). The van der Waals surface area contributed by atoms with Gasteiger partial charge in [-0.2, -0.15) is 0 Å². The Labute approximate surface area is 97.1 Å². The summed E-state index contributed by atoms with van der Waals surface area (Å²) in [5.41, 5.74) is 2.59. The molecule has 1 aromatic rings. The topological polar surface area (TPSA) is 29.1 Å². The summed E-state index contributed by atoms with van der Waals surface area (Å²) in [6, 6.07) is 8.34. The van der Waals surface area contributed by atoms with Crippen LogP contribution in [0.5, 0.6) is 0 Å². The lowest BCUT2D eigenvalue weighted by molar-refractivity contribution is -0.122. The van der Waals surface area contributed by atoms with E-state index >= 15 is 0 Å². The third-order valence-corrected chi connectivity index (χ3v) is 3.24. The van der Waals surface area contributed by atoms with Crippen molar-refractivity contribution in [2.24, 2.45) is 0 Å². The van der Waals surface area contributed by atoms with Crippen LogP contribution in [0.4, 0.5) is 0 Å². The molecule has 0 spiro atoms. The number of hydrogen-bond acceptors (Lipinski definition) is 1. The zero-order chi connectivity index (χ0) is 11.4. The van der Waals surface area contributed by atoms with Gasteiger partial charge in [-0.15, -0.1) is 0 Å². The maximum Gasteiger partial charge on any atom is 0.227 e. The first-order chi connectivity index (χ1) is 7.83. The molecule has 0 aromatic heterocycles. The highest BCUT2D eigenvalue weighted by molar-refractivity contribution is 5.84. The van der Waals surface area contributed by atoms with Gasteiger partial charge in [0.05, 0.1) is 5.92 Å². The van der Waals surface area contributed by atoms with Crippen molar-refractivity contribution in [3.63, 3.8) is 0 Å². The van der Waals surface area contributed by atoms with Gasteiger partial charge in [0, 0.05) is 6.54 Å². The predicted molar refractivity (Wildman–Crippen MR) is 65.4 cm³/mol. The number of fused-ring (bicyclic) bond motifs is 1. The van der Waals surface area contributed by atoms with E-state index < -0.39 is 0 Å². The summed E-state index contributed by atoms with van der Waals surface area (Å²) < 4.78 is 0. The SMILES string of the molecule is CCCNC(=O)C1CCCc2ccccc21. The van der Waals surface area contributed by atoms with Crippen LogP contribution in [0, 0.1) is 0 Å². The van der Waals surface area contributed by atoms with Gasteiger partial charge in [0.25, 0.3) is 0 Å². The van der Waals surface area contributed by atoms with E-state index in [4.69, 9.17) is 0 Å². The molecule has 16 heavy (non-hydrogen) atoms. The van der Waals surface area contributed by atoms with Crippen molar-refractivity contribution in [1.82, 2.24) is 5.32 Å². The number of carbonyl (C=O) groups is 1. The van der Waals surface area contributed by atoms with Crippen molar-refractivity contribution in [3.8, 4) is 0 Å². The quantitative estimate of drug-likeness (QED) is 0.828. The number of carbonyl (C=O) groups excluding carboxylic acids is 1. The fourth-order valence-electron chi connectivity index (χ4n) is 2.40. The lowest BCUT2D eigenvalue weighted by Crippen LogP contribution is -2.31. The molecule has 1 atom stereocenters. The van der Waals surface area contributed by atoms with E-state index in [9.17, 15) is 4.79 Å². The van der Waals surface area contributed by atoms with Crippen LogP contribution in [0.2, 0.25) is 0 Å². The van der Waals surface area contributed by atoms with Gasteiger partial charge in [0.2, 0.25) is 5.91 Å². The molecule has 0 fully saturated rings. The third-order valence-electron chi connectivity index (χ3n) is 3.24. The molecule has 1 N–H and O–H groups in total. The van der Waals surface area contributed by atoms with Crippen molar-refractivity contribution in [3.05, 3.63) is 35.4 Å². The Hall–Kier alpha value is -1.31. The van der Waals surface area contributed by atoms with E-state index in [-0.39, 0.29) is 11.8 Å². The highest BCUT2D eigenvalue weighted by Crippen LogP contribution is 2.31. The summed E-state index contributed by atoms with van der Waals surface area (Å²) in [6.07, 6.45) is 4.24. The summed E-state index contributed by atoms with van der Waals surface area (Å²) in [7, 11) is 0. The molecule has 1 aromatic carbocycles. The molecule has 0 bridgehead atoms. The van der Waals surface area contributed by atoms with Crippen LogP contribution in [0.15, 0.2) is 24.3 Å². The fraction of sp³-hybridized carbons (Fsp3) is 0.500. The molecule has 1 aliphatic carbocycles. The average molecular weight is 217 g/mol. The second-order valence-electron chi connectivity index (χ2n) is 4.43. The van der Waals surface area contributed by atoms with Crippen LogP contribution < -0.4 is 5.32 Å². The molecular formula is C14H19NO. The molecule has 0 saturated carbocycles. The van der Waals surface area contributed by atoms with Crippen molar-refractivity contribution >= 4 is 5.91 Å². The Morgan fingerprint density at radius 1 is 1.44 bits per heavy atom. The van der Waals surface area contributed by atoms with Crippen molar-refractivity contribution in [2.75, 3.05) is 6.54 Å². The first-order valence-electron chi connectivity index (χ1n) is 6.18. The first kappa shape index (κ1) is 11.2. The molecule has 1 amide bonds. The van der Waals surface area contributed by atoms with E-state index in [1.807, 2.05) is 6.07 Å². The van der Waals surface area contributed by atoms with Gasteiger partial charge in [0.15, 0.2) is 0 Å². The minimum absolute atomic E-state index is 0.0801. The number of aryl methyl sites for hydroxylation is 1. The molecule has 0 heterocycles. The normalized spacial score (nSPS) is 18.9. The van der Waals surface area contributed by atoms with E-state index in [0.29, 0.717) is 0 Å². The second kappa shape index (κ2) is 5.15. The molecule has 0 saturated heterocycles. The van der Waals surface area contributed by atoms with Gasteiger partial charge >= 0.3 is 0 Å². The number of amides is 1. The van der Waals surface area contributed by atoms with Gasteiger partial charge in [-0.1, -0.05) is 31.2 Å². The number of hydrogen-bond donors (Lipinski definition) is 1. The van der Waals surface area contributed by atoms with Gasteiger partial charge in [-0.3, -0.25) is 4.79 Å². The number of benzene rings is 1. The van der Waals surface area contributed by atoms with Gasteiger partial charge in [0.1, 0.15) is 0 Å². The smallest absolute Gasteiger partial charge is 0.227 e. The molecule has 0 radical (unpaired) electrons. The summed E-state index contributed by atoms with van der Waals surface area (Å²) in [5, 5.41) is 3.00. The minimum atomic E-state index is 0.0801. The summed E-state index contributed by atoms with van der Waals surface area (Å²) in [4.78, 5) is 12.0. The van der Waals surface area contributed by atoms with E-state index in [1.54, 1.807) is 0 Å². The Kier molecular flexibility index (Phi) is 3.60. The maximum absolute atomic E-state index is 12.0. The standard InChI is InChI=1S/C14H19NO/c1-2-10-15-14(16)13-9-5-7-11-6-3-4-8-12(11)13/h3-4,6,8,13H,2,5,7,9-10H2,1H3,(H,15,16).